The van der Waals surface area contributed by atoms with Crippen LogP contribution in [-0.2, 0) is 4.74 Å². The molecule has 3 aliphatic rings. The Bertz CT molecular complexity index is 649. The minimum absolute atomic E-state index is 0.0665. The minimum atomic E-state index is 0.0665. The molecule has 6 nitrogen and oxygen atoms in total. The molecule has 3 atom stereocenters. The first-order chi connectivity index (χ1) is 11.3. The Hall–Kier alpha value is -2.00. The molecular weight excluding hydrogens is 290 g/mol. The second kappa shape index (κ2) is 6.25. The Labute approximate surface area is 136 Å². The molecule has 6 heteroatoms. The molecule has 1 N–H and O–H groups in total. The van der Waals surface area contributed by atoms with Crippen LogP contribution in [0.3, 0.4) is 0 Å². The van der Waals surface area contributed by atoms with Crippen molar-refractivity contribution >= 4 is 11.5 Å². The standard InChI is InChI=1S/C17H21N5O/c18-7-6-12-10-13-14(2-1-3-15(13)23-12)21-22-17-16(11-4-5-11)19-8-9-20-17/h8-9,11-13,15H,1-6,10H2,(H,20,22)/b21-14+. The molecule has 0 radical (unpaired) electrons. The zero-order valence-electron chi connectivity index (χ0n) is 13.1. The van der Waals surface area contributed by atoms with Gasteiger partial charge in [-0.25, -0.2) is 4.98 Å². The largest absolute Gasteiger partial charge is 0.373 e. The summed E-state index contributed by atoms with van der Waals surface area (Å²) in [6, 6.07) is 2.22. The normalized spacial score (nSPS) is 31.6. The maximum Gasteiger partial charge on any atom is 0.168 e. The number of hydrazone groups is 1. The molecule has 1 aromatic heterocycles. The number of ether oxygens (including phenoxy) is 1. The number of hydrogen-bond donors (Lipinski definition) is 1. The highest BCUT2D eigenvalue weighted by molar-refractivity contribution is 5.89. The van der Waals surface area contributed by atoms with Gasteiger partial charge in [-0.05, 0) is 38.5 Å². The van der Waals surface area contributed by atoms with Crippen molar-refractivity contribution in [3.63, 3.8) is 0 Å². The van der Waals surface area contributed by atoms with Gasteiger partial charge in [0.15, 0.2) is 5.82 Å². The SMILES string of the molecule is N#CCC1CC2/C(=N/Nc3nccnc3C3CC3)CCCC2O1. The second-order valence-electron chi connectivity index (χ2n) is 6.67. The molecule has 4 rings (SSSR count). The molecule has 0 amide bonds. The lowest BCUT2D eigenvalue weighted by Crippen LogP contribution is -2.29. The maximum absolute atomic E-state index is 8.88. The number of nitrogens with zero attached hydrogens (tertiary/aromatic N) is 4. The van der Waals surface area contributed by atoms with Crippen molar-refractivity contribution in [2.24, 2.45) is 11.0 Å². The maximum atomic E-state index is 8.88. The lowest BCUT2D eigenvalue weighted by Gasteiger charge is -2.25. The number of hydrogen-bond acceptors (Lipinski definition) is 6. The minimum Gasteiger partial charge on any atom is -0.373 e. The van der Waals surface area contributed by atoms with Crippen LogP contribution in [0.4, 0.5) is 5.82 Å². The fraction of sp³-hybridized carbons (Fsp3) is 0.647. The fourth-order valence-electron chi connectivity index (χ4n) is 3.71. The Kier molecular flexibility index (Phi) is 3.96. The van der Waals surface area contributed by atoms with Crippen molar-refractivity contribution in [3.8, 4) is 6.07 Å². The van der Waals surface area contributed by atoms with E-state index in [1.807, 2.05) is 0 Å². The van der Waals surface area contributed by atoms with Gasteiger partial charge < -0.3 is 4.74 Å². The quantitative estimate of drug-likeness (QED) is 0.864. The van der Waals surface area contributed by atoms with E-state index in [4.69, 9.17) is 10.00 Å². The molecule has 0 bridgehead atoms. The van der Waals surface area contributed by atoms with Gasteiger partial charge in [0.2, 0.25) is 0 Å². The molecule has 2 heterocycles. The molecule has 0 aromatic carbocycles. The average molecular weight is 311 g/mol. The molecular formula is C17H21N5O. The highest BCUT2D eigenvalue weighted by Gasteiger charge is 2.40. The van der Waals surface area contributed by atoms with E-state index < -0.39 is 0 Å². The van der Waals surface area contributed by atoms with Gasteiger partial charge in [-0.15, -0.1) is 0 Å². The molecule has 3 unspecified atom stereocenters. The van der Waals surface area contributed by atoms with Crippen molar-refractivity contribution in [2.45, 2.75) is 63.1 Å². The number of anilines is 1. The van der Waals surface area contributed by atoms with Crippen LogP contribution in [0.25, 0.3) is 0 Å². The van der Waals surface area contributed by atoms with Crippen molar-refractivity contribution in [1.29, 1.82) is 5.26 Å². The van der Waals surface area contributed by atoms with Crippen LogP contribution >= 0.6 is 0 Å². The lowest BCUT2D eigenvalue weighted by molar-refractivity contribution is 0.0344. The summed E-state index contributed by atoms with van der Waals surface area (Å²) in [6.07, 6.45) is 10.7. The van der Waals surface area contributed by atoms with Crippen LogP contribution in [-0.4, -0.2) is 27.9 Å². The van der Waals surface area contributed by atoms with Gasteiger partial charge in [0.25, 0.3) is 0 Å². The Morgan fingerprint density at radius 3 is 3.00 bits per heavy atom. The number of rotatable bonds is 4. The molecule has 1 aliphatic heterocycles. The van der Waals surface area contributed by atoms with Gasteiger partial charge in [-0.2, -0.15) is 10.4 Å². The molecule has 120 valence electrons. The van der Waals surface area contributed by atoms with Crippen LogP contribution in [0, 0.1) is 17.2 Å². The Morgan fingerprint density at radius 1 is 1.30 bits per heavy atom. The van der Waals surface area contributed by atoms with E-state index in [9.17, 15) is 0 Å². The van der Waals surface area contributed by atoms with Gasteiger partial charge in [0.1, 0.15) is 0 Å². The summed E-state index contributed by atoms with van der Waals surface area (Å²) in [7, 11) is 0. The smallest absolute Gasteiger partial charge is 0.168 e. The van der Waals surface area contributed by atoms with Crippen LogP contribution in [0.1, 0.15) is 56.6 Å². The number of nitrogens with one attached hydrogen (secondary N) is 1. The third-order valence-corrected chi connectivity index (χ3v) is 5.00. The average Bonchev–Trinajstić information content (AvgIpc) is 3.33. The monoisotopic (exact) mass is 311 g/mol. The summed E-state index contributed by atoms with van der Waals surface area (Å²) in [6.45, 7) is 0. The van der Waals surface area contributed by atoms with Crippen molar-refractivity contribution in [3.05, 3.63) is 18.1 Å². The van der Waals surface area contributed by atoms with Gasteiger partial charge in [0.05, 0.1) is 30.4 Å². The van der Waals surface area contributed by atoms with Gasteiger partial charge in [-0.1, -0.05) is 0 Å². The molecule has 23 heavy (non-hydrogen) atoms. The molecule has 3 fully saturated rings. The highest BCUT2D eigenvalue weighted by Crippen LogP contribution is 2.41. The second-order valence-corrected chi connectivity index (χ2v) is 6.67. The first-order valence-corrected chi connectivity index (χ1v) is 8.51. The predicted molar refractivity (Wildman–Crippen MR) is 85.9 cm³/mol. The van der Waals surface area contributed by atoms with Crippen molar-refractivity contribution in [1.82, 2.24) is 9.97 Å². The lowest BCUT2D eigenvalue weighted by atomic mass is 9.83. The van der Waals surface area contributed by atoms with E-state index >= 15 is 0 Å². The Balaban J connectivity index is 1.49. The van der Waals surface area contributed by atoms with Gasteiger partial charge in [0, 0.05) is 29.9 Å². The molecule has 1 aromatic rings. The zero-order chi connectivity index (χ0) is 15.6. The summed E-state index contributed by atoms with van der Waals surface area (Å²) in [5.74, 6) is 1.67. The summed E-state index contributed by atoms with van der Waals surface area (Å²) >= 11 is 0. The topological polar surface area (TPSA) is 83.2 Å². The Morgan fingerprint density at radius 2 is 2.17 bits per heavy atom. The number of aromatic nitrogens is 2. The molecule has 0 spiro atoms. The zero-order valence-corrected chi connectivity index (χ0v) is 13.1. The van der Waals surface area contributed by atoms with E-state index in [1.165, 1.54) is 12.8 Å². The molecule has 1 saturated heterocycles. The fourth-order valence-corrected chi connectivity index (χ4v) is 3.71. The van der Waals surface area contributed by atoms with E-state index in [0.29, 0.717) is 18.3 Å². The molecule has 2 saturated carbocycles. The van der Waals surface area contributed by atoms with Crippen LogP contribution in [0.15, 0.2) is 17.5 Å². The first-order valence-electron chi connectivity index (χ1n) is 8.51. The van der Waals surface area contributed by atoms with E-state index in [2.05, 4.69) is 26.6 Å². The van der Waals surface area contributed by atoms with Gasteiger partial charge in [-0.3, -0.25) is 10.4 Å². The van der Waals surface area contributed by atoms with Crippen LogP contribution in [0.5, 0.6) is 0 Å². The first kappa shape index (κ1) is 14.6. The van der Waals surface area contributed by atoms with Gasteiger partial charge >= 0.3 is 0 Å². The van der Waals surface area contributed by atoms with Crippen LogP contribution in [0.2, 0.25) is 0 Å². The molecule has 2 aliphatic carbocycles. The van der Waals surface area contributed by atoms with Crippen LogP contribution < -0.4 is 5.43 Å². The third kappa shape index (κ3) is 3.06. The number of nitriles is 1. The van der Waals surface area contributed by atoms with E-state index in [0.717, 1.165) is 42.9 Å². The van der Waals surface area contributed by atoms with Crippen molar-refractivity contribution < 1.29 is 4.74 Å². The summed E-state index contributed by atoms with van der Waals surface area (Å²) in [4.78, 5) is 8.85. The van der Waals surface area contributed by atoms with Crippen molar-refractivity contribution in [2.75, 3.05) is 5.43 Å². The predicted octanol–water partition coefficient (Wildman–Crippen LogP) is 2.99. The summed E-state index contributed by atoms with van der Waals surface area (Å²) < 4.78 is 6.00. The van der Waals surface area contributed by atoms with E-state index in [-0.39, 0.29) is 12.2 Å². The van der Waals surface area contributed by atoms with E-state index in [1.54, 1.807) is 12.4 Å². The highest BCUT2D eigenvalue weighted by atomic mass is 16.5. The summed E-state index contributed by atoms with van der Waals surface area (Å²) in [5.41, 5.74) is 5.36. The third-order valence-electron chi connectivity index (χ3n) is 5.00. The number of fused-ring (bicyclic) bond motifs is 1. The summed E-state index contributed by atoms with van der Waals surface area (Å²) in [5, 5.41) is 13.5.